The van der Waals surface area contributed by atoms with Crippen molar-refractivity contribution in [2.75, 3.05) is 14.2 Å². The molecular formula is C14H20FNO. The van der Waals surface area contributed by atoms with Gasteiger partial charge in [-0.1, -0.05) is 18.9 Å². The first-order valence-electron chi connectivity index (χ1n) is 6.27. The summed E-state index contributed by atoms with van der Waals surface area (Å²) in [5.74, 6) is 0.672. The van der Waals surface area contributed by atoms with E-state index in [9.17, 15) is 4.39 Å². The van der Waals surface area contributed by atoms with Gasteiger partial charge in [-0.25, -0.2) is 4.39 Å². The van der Waals surface area contributed by atoms with Gasteiger partial charge in [0.25, 0.3) is 0 Å². The fourth-order valence-electron chi connectivity index (χ4n) is 2.84. The van der Waals surface area contributed by atoms with Crippen LogP contribution in [-0.4, -0.2) is 14.2 Å². The Labute approximate surface area is 102 Å². The van der Waals surface area contributed by atoms with Gasteiger partial charge in [-0.3, -0.25) is 0 Å². The van der Waals surface area contributed by atoms with Crippen LogP contribution in [0.2, 0.25) is 0 Å². The monoisotopic (exact) mass is 237 g/mol. The van der Waals surface area contributed by atoms with Crippen LogP contribution >= 0.6 is 0 Å². The van der Waals surface area contributed by atoms with E-state index in [2.05, 4.69) is 5.32 Å². The smallest absolute Gasteiger partial charge is 0.165 e. The third-order valence-corrected chi connectivity index (χ3v) is 3.72. The lowest BCUT2D eigenvalue weighted by atomic mass is 9.91. The van der Waals surface area contributed by atoms with Crippen molar-refractivity contribution in [1.29, 1.82) is 0 Å². The molecule has 1 aliphatic rings. The number of halogens is 1. The van der Waals surface area contributed by atoms with Gasteiger partial charge in [0.15, 0.2) is 11.6 Å². The topological polar surface area (TPSA) is 21.3 Å². The minimum atomic E-state index is -0.275. The molecule has 0 aliphatic heterocycles. The van der Waals surface area contributed by atoms with Crippen LogP contribution in [-0.2, 0) is 0 Å². The van der Waals surface area contributed by atoms with Crippen LogP contribution in [0.15, 0.2) is 18.2 Å². The Hall–Kier alpha value is -1.09. The molecule has 1 unspecified atom stereocenters. The average Bonchev–Trinajstić information content (AvgIpc) is 2.84. The molecule has 1 aromatic rings. The molecule has 0 bridgehead atoms. The highest BCUT2D eigenvalue weighted by molar-refractivity contribution is 5.31. The molecule has 0 saturated heterocycles. The van der Waals surface area contributed by atoms with E-state index < -0.39 is 0 Å². The third kappa shape index (κ3) is 2.60. The highest BCUT2D eigenvalue weighted by Gasteiger charge is 2.25. The quantitative estimate of drug-likeness (QED) is 0.867. The number of hydrogen-bond donors (Lipinski definition) is 1. The zero-order valence-corrected chi connectivity index (χ0v) is 10.5. The zero-order valence-electron chi connectivity index (χ0n) is 10.5. The van der Waals surface area contributed by atoms with Gasteiger partial charge in [-0.15, -0.1) is 0 Å². The van der Waals surface area contributed by atoms with E-state index in [0.29, 0.717) is 11.7 Å². The Kier molecular flexibility index (Phi) is 4.00. The molecule has 0 heterocycles. The fraction of sp³-hybridized carbons (Fsp3) is 0.571. The van der Waals surface area contributed by atoms with Crippen molar-refractivity contribution in [2.45, 2.75) is 31.7 Å². The summed E-state index contributed by atoms with van der Waals surface area (Å²) in [6, 6.07) is 5.53. The third-order valence-electron chi connectivity index (χ3n) is 3.72. The van der Waals surface area contributed by atoms with Crippen molar-refractivity contribution >= 4 is 0 Å². The first kappa shape index (κ1) is 12.4. The molecule has 0 radical (unpaired) electrons. The zero-order chi connectivity index (χ0) is 12.3. The van der Waals surface area contributed by atoms with Crippen LogP contribution in [0.5, 0.6) is 5.75 Å². The summed E-state index contributed by atoms with van der Waals surface area (Å²) in [7, 11) is 3.44. The standard InChI is InChI=1S/C14H20FNO/c1-16-14(10-5-3-4-6-10)11-7-8-13(17-2)12(15)9-11/h7-10,14,16H,3-6H2,1-2H3. The molecule has 1 N–H and O–H groups in total. The summed E-state index contributed by atoms with van der Waals surface area (Å²) in [6.07, 6.45) is 5.06. The molecular weight excluding hydrogens is 217 g/mol. The summed E-state index contributed by atoms with van der Waals surface area (Å²) < 4.78 is 18.6. The van der Waals surface area contributed by atoms with Crippen molar-refractivity contribution in [3.8, 4) is 5.75 Å². The van der Waals surface area contributed by atoms with E-state index in [1.54, 1.807) is 12.1 Å². The molecule has 1 aliphatic carbocycles. The lowest BCUT2D eigenvalue weighted by molar-refractivity contribution is 0.375. The Morgan fingerprint density at radius 2 is 2.06 bits per heavy atom. The number of benzene rings is 1. The van der Waals surface area contributed by atoms with Crippen molar-refractivity contribution in [3.05, 3.63) is 29.6 Å². The molecule has 0 aromatic heterocycles. The molecule has 1 fully saturated rings. The number of nitrogens with one attached hydrogen (secondary N) is 1. The Balaban J connectivity index is 2.21. The highest BCUT2D eigenvalue weighted by Crippen LogP contribution is 2.36. The lowest BCUT2D eigenvalue weighted by Gasteiger charge is -2.23. The first-order valence-corrected chi connectivity index (χ1v) is 6.27. The average molecular weight is 237 g/mol. The molecule has 17 heavy (non-hydrogen) atoms. The van der Waals surface area contributed by atoms with Crippen molar-refractivity contribution in [1.82, 2.24) is 5.32 Å². The van der Waals surface area contributed by atoms with Crippen molar-refractivity contribution < 1.29 is 9.13 Å². The maximum atomic E-state index is 13.7. The van der Waals surface area contributed by atoms with Gasteiger partial charge in [0.05, 0.1) is 7.11 Å². The van der Waals surface area contributed by atoms with E-state index in [-0.39, 0.29) is 11.9 Å². The van der Waals surface area contributed by atoms with Gasteiger partial charge in [-0.05, 0) is 43.5 Å². The second-order valence-electron chi connectivity index (χ2n) is 4.70. The van der Waals surface area contributed by atoms with Gasteiger partial charge in [-0.2, -0.15) is 0 Å². The van der Waals surface area contributed by atoms with Gasteiger partial charge in [0.1, 0.15) is 0 Å². The molecule has 1 atom stereocenters. The second kappa shape index (κ2) is 5.50. The fourth-order valence-corrected chi connectivity index (χ4v) is 2.84. The molecule has 1 aromatic carbocycles. The van der Waals surface area contributed by atoms with E-state index in [0.717, 1.165) is 5.56 Å². The molecule has 3 heteroatoms. The minimum absolute atomic E-state index is 0.262. The predicted molar refractivity (Wildman–Crippen MR) is 66.7 cm³/mol. The van der Waals surface area contributed by atoms with Crippen molar-refractivity contribution in [2.24, 2.45) is 5.92 Å². The summed E-state index contributed by atoms with van der Waals surface area (Å²) in [6.45, 7) is 0. The molecule has 2 nitrogen and oxygen atoms in total. The number of hydrogen-bond acceptors (Lipinski definition) is 2. The van der Waals surface area contributed by atoms with Crippen molar-refractivity contribution in [3.63, 3.8) is 0 Å². The SMILES string of the molecule is CNC(c1ccc(OC)c(F)c1)C1CCCC1. The Morgan fingerprint density at radius 1 is 1.35 bits per heavy atom. The number of rotatable bonds is 4. The van der Waals surface area contributed by atoms with Gasteiger partial charge in [0, 0.05) is 6.04 Å². The van der Waals surface area contributed by atoms with Crippen LogP contribution in [0.3, 0.4) is 0 Å². The Bertz CT molecular complexity index is 374. The largest absolute Gasteiger partial charge is 0.494 e. The van der Waals surface area contributed by atoms with E-state index in [4.69, 9.17) is 4.74 Å². The minimum Gasteiger partial charge on any atom is -0.494 e. The summed E-state index contributed by atoms with van der Waals surface area (Å²) in [5.41, 5.74) is 1.03. The molecule has 0 spiro atoms. The Morgan fingerprint density at radius 3 is 2.59 bits per heavy atom. The molecule has 0 amide bonds. The van der Waals surface area contributed by atoms with E-state index >= 15 is 0 Å². The van der Waals surface area contributed by atoms with Crippen LogP contribution in [0, 0.1) is 11.7 Å². The lowest BCUT2D eigenvalue weighted by Crippen LogP contribution is -2.23. The first-order chi connectivity index (χ1) is 8.26. The van der Waals surface area contributed by atoms with E-state index in [1.165, 1.54) is 32.8 Å². The van der Waals surface area contributed by atoms with Crippen LogP contribution in [0.1, 0.15) is 37.3 Å². The summed E-state index contributed by atoms with van der Waals surface area (Å²) in [4.78, 5) is 0. The van der Waals surface area contributed by atoms with E-state index in [1.807, 2.05) is 13.1 Å². The summed E-state index contributed by atoms with van der Waals surface area (Å²) >= 11 is 0. The van der Waals surface area contributed by atoms with Gasteiger partial charge >= 0.3 is 0 Å². The number of ether oxygens (including phenoxy) is 1. The molecule has 2 rings (SSSR count). The normalized spacial score (nSPS) is 18.3. The summed E-state index contributed by atoms with van der Waals surface area (Å²) in [5, 5.41) is 3.32. The van der Waals surface area contributed by atoms with Crippen LogP contribution < -0.4 is 10.1 Å². The van der Waals surface area contributed by atoms with Gasteiger partial charge < -0.3 is 10.1 Å². The van der Waals surface area contributed by atoms with Crippen LogP contribution in [0.4, 0.5) is 4.39 Å². The molecule has 1 saturated carbocycles. The maximum absolute atomic E-state index is 13.7. The molecule has 94 valence electrons. The highest BCUT2D eigenvalue weighted by atomic mass is 19.1. The van der Waals surface area contributed by atoms with Crippen LogP contribution in [0.25, 0.3) is 0 Å². The maximum Gasteiger partial charge on any atom is 0.165 e. The van der Waals surface area contributed by atoms with Gasteiger partial charge in [0.2, 0.25) is 0 Å². The predicted octanol–water partition coefficient (Wildman–Crippen LogP) is 3.29. The number of methoxy groups -OCH3 is 1. The second-order valence-corrected chi connectivity index (χ2v) is 4.70.